The number of nitrogens with zero attached hydrogens (tertiary/aromatic N) is 3. The van der Waals surface area contributed by atoms with E-state index >= 15 is 0 Å². The highest BCUT2D eigenvalue weighted by molar-refractivity contribution is 6.70. The summed E-state index contributed by atoms with van der Waals surface area (Å²) >= 11 is 0. The molecule has 1 aliphatic rings. The van der Waals surface area contributed by atoms with Crippen molar-refractivity contribution < 1.29 is 13.1 Å². The number of fused-ring (bicyclic) bond motifs is 3. The largest absolute Gasteiger partial charge is 0.406 e. The van der Waals surface area contributed by atoms with Gasteiger partial charge >= 0.3 is 6.85 Å². The second-order valence-corrected chi connectivity index (χ2v) is 6.00. The number of aromatic nitrogens is 2. The molecular formula is C18H19BN3O+. The average molecular weight is 307 g/mol. The molecule has 0 aliphatic carbocycles. The Morgan fingerprint density at radius 2 is 2.26 bits per heavy atom. The highest BCUT2D eigenvalue weighted by atomic mass is 16.4. The molecule has 3 aromatic heterocycles. The van der Waals surface area contributed by atoms with E-state index in [0.29, 0.717) is 22.7 Å². The number of hydrogen-bond donors (Lipinski definition) is 0. The normalized spacial score (nSPS) is 16.7. The molecule has 4 rings (SSSR count). The van der Waals surface area contributed by atoms with Crippen LogP contribution in [-0.2, 0) is 7.05 Å². The lowest BCUT2D eigenvalue weighted by Gasteiger charge is -2.24. The predicted octanol–water partition coefficient (Wildman–Crippen LogP) is 3.68. The Balaban J connectivity index is 2.04. The summed E-state index contributed by atoms with van der Waals surface area (Å²) in [6.07, 6.45) is 3.64. The van der Waals surface area contributed by atoms with Crippen molar-refractivity contribution in [2.75, 3.05) is 4.81 Å². The molecule has 0 bridgehead atoms. The number of allylic oxidation sites excluding steroid dienone is 1. The third kappa shape index (κ3) is 2.07. The molecule has 0 N–H and O–H groups in total. The van der Waals surface area contributed by atoms with Gasteiger partial charge in [0.1, 0.15) is 0 Å². The van der Waals surface area contributed by atoms with Crippen molar-refractivity contribution in [3.63, 3.8) is 0 Å². The number of pyridine rings is 2. The van der Waals surface area contributed by atoms with Crippen LogP contribution in [0.4, 0.5) is 11.7 Å². The van der Waals surface area contributed by atoms with Crippen molar-refractivity contribution in [1.82, 2.24) is 4.98 Å². The van der Waals surface area contributed by atoms with Gasteiger partial charge in [0.25, 0.3) is 11.7 Å². The molecule has 1 aliphatic heterocycles. The van der Waals surface area contributed by atoms with Gasteiger partial charge in [-0.2, -0.15) is 0 Å². The van der Waals surface area contributed by atoms with E-state index in [0.717, 1.165) is 16.8 Å². The highest BCUT2D eigenvalue weighted by Crippen LogP contribution is 2.42. The van der Waals surface area contributed by atoms with Crippen LogP contribution in [0.5, 0.6) is 0 Å². The Bertz CT molecular complexity index is 1040. The quantitative estimate of drug-likeness (QED) is 0.508. The molecule has 0 spiro atoms. The maximum absolute atomic E-state index is 7.99. The van der Waals surface area contributed by atoms with Gasteiger partial charge < -0.3 is 4.42 Å². The zero-order chi connectivity index (χ0) is 18.6. The number of furan rings is 1. The lowest BCUT2D eigenvalue weighted by molar-refractivity contribution is -0.658. The zero-order valence-corrected chi connectivity index (χ0v) is 13.4. The summed E-state index contributed by atoms with van der Waals surface area (Å²) in [5.41, 5.74) is 2.49. The monoisotopic (exact) mass is 307 g/mol. The van der Waals surface area contributed by atoms with Gasteiger partial charge in [0.2, 0.25) is 5.71 Å². The third-order valence-electron chi connectivity index (χ3n) is 4.28. The van der Waals surface area contributed by atoms with Crippen molar-refractivity contribution in [1.29, 1.82) is 0 Å². The molecule has 0 radical (unpaired) electrons. The first-order chi connectivity index (χ1) is 12.3. The minimum Gasteiger partial charge on any atom is -0.404 e. The molecule has 0 saturated heterocycles. The van der Waals surface area contributed by atoms with E-state index in [-0.39, 0.29) is 6.85 Å². The maximum Gasteiger partial charge on any atom is 0.406 e. The fourth-order valence-electron chi connectivity index (χ4n) is 3.15. The molecule has 0 atom stereocenters. The number of aryl methyl sites for hydroxylation is 2. The van der Waals surface area contributed by atoms with Gasteiger partial charge in [-0.25, -0.2) is 9.55 Å². The Hall–Kier alpha value is -2.56. The first-order valence-electron chi connectivity index (χ1n) is 9.13. The van der Waals surface area contributed by atoms with E-state index in [4.69, 9.17) is 8.53 Å². The van der Waals surface area contributed by atoms with Crippen LogP contribution in [-0.4, -0.2) is 11.8 Å². The Kier molecular flexibility index (Phi) is 2.39. The van der Waals surface area contributed by atoms with Crippen LogP contribution in [0.15, 0.2) is 47.1 Å². The lowest BCUT2D eigenvalue weighted by atomic mass is 9.59. The van der Waals surface area contributed by atoms with E-state index in [2.05, 4.69) is 11.1 Å². The Morgan fingerprint density at radius 3 is 3.09 bits per heavy atom. The van der Waals surface area contributed by atoms with Gasteiger partial charge in [-0.1, -0.05) is 5.98 Å². The Labute approximate surface area is 140 Å². The summed E-state index contributed by atoms with van der Waals surface area (Å²) in [6.45, 7) is 1.60. The van der Waals surface area contributed by atoms with E-state index in [1.807, 2.05) is 48.5 Å². The van der Waals surface area contributed by atoms with E-state index < -0.39 is 6.85 Å². The van der Waals surface area contributed by atoms with E-state index in [1.54, 1.807) is 18.2 Å². The van der Waals surface area contributed by atoms with Crippen LogP contribution in [0.3, 0.4) is 0 Å². The number of anilines is 2. The van der Waals surface area contributed by atoms with Crippen LogP contribution >= 0.6 is 0 Å². The Morgan fingerprint density at radius 1 is 1.39 bits per heavy atom. The van der Waals surface area contributed by atoms with Gasteiger partial charge in [-0.15, -0.1) is 0 Å². The topological polar surface area (TPSA) is 33.2 Å². The maximum atomic E-state index is 7.99. The summed E-state index contributed by atoms with van der Waals surface area (Å²) in [4.78, 5) is 6.31. The van der Waals surface area contributed by atoms with E-state index in [1.165, 1.54) is 0 Å². The first kappa shape index (κ1) is 11.1. The molecule has 0 fully saturated rings. The molecule has 4 nitrogen and oxygen atoms in total. The summed E-state index contributed by atoms with van der Waals surface area (Å²) in [5.74, 6) is 3.26. The van der Waals surface area contributed by atoms with Crippen LogP contribution in [0.2, 0.25) is 6.82 Å². The van der Waals surface area contributed by atoms with Crippen LogP contribution in [0.25, 0.3) is 16.7 Å². The summed E-state index contributed by atoms with van der Waals surface area (Å²) in [6, 6.07) is 7.75. The van der Waals surface area contributed by atoms with Crippen molar-refractivity contribution in [3.8, 4) is 0 Å². The van der Waals surface area contributed by atoms with Gasteiger partial charge in [0, 0.05) is 16.4 Å². The van der Waals surface area contributed by atoms with Gasteiger partial charge in [-0.05, 0) is 49.9 Å². The minimum atomic E-state index is -2.23. The molecule has 3 aromatic rings. The smallest absolute Gasteiger partial charge is 0.404 e. The molecular weight excluding hydrogens is 285 g/mol. The van der Waals surface area contributed by atoms with Crippen molar-refractivity contribution in [2.45, 2.75) is 20.6 Å². The standard InChI is InChI=1S/C18H19BN3O/c1-12-7-9-21(4)15(10-12)22-18-16(13(2)11-19(22)3)14-6-5-8-20-17(14)23-18/h5-11H,1-4H3/q+1/i2D3. The minimum absolute atomic E-state index is 0.175. The van der Waals surface area contributed by atoms with Crippen LogP contribution < -0.4 is 9.38 Å². The molecule has 23 heavy (non-hydrogen) atoms. The first-order valence-corrected chi connectivity index (χ1v) is 7.63. The van der Waals surface area contributed by atoms with E-state index in [9.17, 15) is 0 Å². The fourth-order valence-corrected chi connectivity index (χ4v) is 3.15. The molecule has 0 unspecified atom stereocenters. The number of hydrogen-bond acceptors (Lipinski definition) is 3. The molecule has 0 amide bonds. The van der Waals surface area contributed by atoms with Crippen molar-refractivity contribution in [2.24, 2.45) is 7.05 Å². The average Bonchev–Trinajstić information content (AvgIpc) is 2.95. The molecule has 114 valence electrons. The van der Waals surface area contributed by atoms with Gasteiger partial charge in [0.05, 0.1) is 24.2 Å². The van der Waals surface area contributed by atoms with Gasteiger partial charge in [0.15, 0.2) is 0 Å². The third-order valence-corrected chi connectivity index (χ3v) is 4.28. The van der Waals surface area contributed by atoms with Gasteiger partial charge in [-0.3, -0.25) is 4.81 Å². The predicted molar refractivity (Wildman–Crippen MR) is 93.8 cm³/mol. The second-order valence-electron chi connectivity index (χ2n) is 6.00. The molecule has 4 heterocycles. The summed E-state index contributed by atoms with van der Waals surface area (Å²) in [7, 11) is 1.96. The fraction of sp³-hybridized carbons (Fsp3) is 0.222. The lowest BCUT2D eigenvalue weighted by Crippen LogP contribution is -2.43. The summed E-state index contributed by atoms with van der Waals surface area (Å²) in [5, 5.41) is 0.720. The van der Waals surface area contributed by atoms with Crippen LogP contribution in [0, 0.1) is 6.92 Å². The molecule has 0 aromatic carbocycles. The highest BCUT2D eigenvalue weighted by Gasteiger charge is 2.39. The van der Waals surface area contributed by atoms with Crippen molar-refractivity contribution >= 4 is 35.2 Å². The zero-order valence-electron chi connectivity index (χ0n) is 16.4. The SMILES string of the molecule is [2H]C([2H])([2H])C1=CB(C)N(c2cc(C)cc[n+]2C)c2oc3ncccc3c21. The summed E-state index contributed by atoms with van der Waals surface area (Å²) < 4.78 is 32.0. The molecule has 5 heteroatoms. The number of rotatable bonds is 1. The van der Waals surface area contributed by atoms with Crippen LogP contribution in [0.1, 0.15) is 22.1 Å². The second kappa shape index (κ2) is 4.98. The molecule has 0 saturated carbocycles. The van der Waals surface area contributed by atoms with Crippen molar-refractivity contribution in [3.05, 3.63) is 53.8 Å².